The SMILES string of the molecule is CN(C(=O)C(CC(=O)O)CC1CCOCC1)c1nc(-c2cc(OCF)ccc2-c2cnc3c(c2)CC(=O)N3C)cs1. The zero-order chi connectivity index (χ0) is 29.1. The maximum atomic E-state index is 13.5. The molecule has 4 heterocycles. The monoisotopic (exact) mass is 582 g/mol. The largest absolute Gasteiger partial charge is 0.481 e. The molecule has 1 unspecified atom stereocenters. The van der Waals surface area contributed by atoms with Gasteiger partial charge in [0.15, 0.2) is 5.13 Å². The van der Waals surface area contributed by atoms with E-state index in [4.69, 9.17) is 14.5 Å². The summed E-state index contributed by atoms with van der Waals surface area (Å²) < 4.78 is 23.5. The van der Waals surface area contributed by atoms with Crippen molar-refractivity contribution in [2.24, 2.45) is 11.8 Å². The second-order valence-corrected chi connectivity index (χ2v) is 11.1. The van der Waals surface area contributed by atoms with Gasteiger partial charge in [0, 0.05) is 61.5 Å². The van der Waals surface area contributed by atoms with Crippen LogP contribution in [0.5, 0.6) is 5.75 Å². The summed E-state index contributed by atoms with van der Waals surface area (Å²) in [6, 6.07) is 7.03. The Balaban J connectivity index is 1.44. The Morgan fingerprint density at radius 2 is 2.05 bits per heavy atom. The van der Waals surface area contributed by atoms with Crippen LogP contribution in [0.2, 0.25) is 0 Å². The molecule has 5 rings (SSSR count). The van der Waals surface area contributed by atoms with Gasteiger partial charge in [-0.1, -0.05) is 0 Å². The zero-order valence-electron chi connectivity index (χ0n) is 22.8. The van der Waals surface area contributed by atoms with Crippen molar-refractivity contribution in [2.75, 3.05) is 44.0 Å². The van der Waals surface area contributed by atoms with Gasteiger partial charge in [0.25, 0.3) is 0 Å². The van der Waals surface area contributed by atoms with Crippen LogP contribution in [0.3, 0.4) is 0 Å². The van der Waals surface area contributed by atoms with Crippen molar-refractivity contribution in [1.82, 2.24) is 9.97 Å². The predicted molar refractivity (Wildman–Crippen MR) is 152 cm³/mol. The third-order valence-electron chi connectivity index (χ3n) is 7.61. The number of hydrogen-bond donors (Lipinski definition) is 1. The molecule has 2 aromatic heterocycles. The Bertz CT molecular complexity index is 1460. The van der Waals surface area contributed by atoms with Crippen LogP contribution in [0.25, 0.3) is 22.4 Å². The molecule has 1 N–H and O–H groups in total. The van der Waals surface area contributed by atoms with Crippen molar-refractivity contribution >= 4 is 40.1 Å². The van der Waals surface area contributed by atoms with E-state index in [2.05, 4.69) is 4.98 Å². The average Bonchev–Trinajstić information content (AvgIpc) is 3.57. The Kier molecular flexibility index (Phi) is 8.60. The number of likely N-dealkylation sites (N-methyl/N-ethyl adjacent to an activating group) is 1. The minimum Gasteiger partial charge on any atom is -0.481 e. The molecule has 1 aromatic carbocycles. The Labute approximate surface area is 240 Å². The Morgan fingerprint density at radius 1 is 1.27 bits per heavy atom. The maximum Gasteiger partial charge on any atom is 0.304 e. The molecule has 1 fully saturated rings. The van der Waals surface area contributed by atoms with Gasteiger partial charge in [-0.15, -0.1) is 11.3 Å². The molecule has 0 aliphatic carbocycles. The maximum absolute atomic E-state index is 13.5. The van der Waals surface area contributed by atoms with Crippen molar-refractivity contribution in [3.63, 3.8) is 0 Å². The van der Waals surface area contributed by atoms with Gasteiger partial charge in [0.2, 0.25) is 18.7 Å². The van der Waals surface area contributed by atoms with E-state index in [-0.39, 0.29) is 30.6 Å². The number of carboxylic acid groups (broad SMARTS) is 1. The highest BCUT2D eigenvalue weighted by Crippen LogP contribution is 2.39. The van der Waals surface area contributed by atoms with Gasteiger partial charge in [0.1, 0.15) is 11.6 Å². The molecular formula is C29H31FN4O6S. The lowest BCUT2D eigenvalue weighted by molar-refractivity contribution is -0.141. The highest BCUT2D eigenvalue weighted by Gasteiger charge is 2.31. The van der Waals surface area contributed by atoms with Crippen LogP contribution in [0.1, 0.15) is 31.2 Å². The molecule has 12 heteroatoms. The Hall–Kier alpha value is -3.90. The molecule has 2 amide bonds. The zero-order valence-corrected chi connectivity index (χ0v) is 23.7. The minimum absolute atomic E-state index is 0.0357. The van der Waals surface area contributed by atoms with Crippen molar-refractivity contribution in [3.8, 4) is 28.1 Å². The fourth-order valence-corrected chi connectivity index (χ4v) is 6.19. The molecule has 3 aromatic rings. The second kappa shape index (κ2) is 12.3. The lowest BCUT2D eigenvalue weighted by Crippen LogP contribution is -2.35. The number of pyridine rings is 1. The number of alkyl halides is 1. The van der Waals surface area contributed by atoms with Crippen molar-refractivity contribution in [1.29, 1.82) is 0 Å². The van der Waals surface area contributed by atoms with E-state index in [9.17, 15) is 23.9 Å². The molecule has 10 nitrogen and oxygen atoms in total. The number of carbonyl (C=O) groups excluding carboxylic acids is 2. The second-order valence-electron chi connectivity index (χ2n) is 10.3. The molecule has 41 heavy (non-hydrogen) atoms. The molecule has 2 aliphatic heterocycles. The third-order valence-corrected chi connectivity index (χ3v) is 8.53. The van der Waals surface area contributed by atoms with Gasteiger partial charge in [-0.25, -0.2) is 14.4 Å². The van der Waals surface area contributed by atoms with Gasteiger partial charge < -0.3 is 14.6 Å². The number of carbonyl (C=O) groups is 3. The first-order valence-corrected chi connectivity index (χ1v) is 14.2. The van der Waals surface area contributed by atoms with E-state index in [1.165, 1.54) is 21.1 Å². The van der Waals surface area contributed by atoms with Crippen LogP contribution in [0.15, 0.2) is 35.8 Å². The molecule has 0 bridgehead atoms. The predicted octanol–water partition coefficient (Wildman–Crippen LogP) is 4.57. The average molecular weight is 583 g/mol. The van der Waals surface area contributed by atoms with Crippen molar-refractivity contribution in [2.45, 2.75) is 32.1 Å². The van der Waals surface area contributed by atoms with Crippen molar-refractivity contribution in [3.05, 3.63) is 41.4 Å². The summed E-state index contributed by atoms with van der Waals surface area (Å²) in [4.78, 5) is 49.4. The molecule has 0 spiro atoms. The fraction of sp³-hybridized carbons (Fsp3) is 0.414. The number of halogens is 1. The number of fused-ring (bicyclic) bond motifs is 1. The number of thiazole rings is 1. The number of aliphatic carboxylic acids is 1. The van der Waals surface area contributed by atoms with Gasteiger partial charge in [-0.05, 0) is 55.0 Å². The number of anilines is 2. The first kappa shape index (κ1) is 28.6. The normalized spacial score (nSPS) is 16.0. The number of nitrogens with zero attached hydrogens (tertiary/aromatic N) is 4. The van der Waals surface area contributed by atoms with Gasteiger partial charge in [-0.2, -0.15) is 0 Å². The molecular weight excluding hydrogens is 551 g/mol. The van der Waals surface area contributed by atoms with E-state index in [1.54, 1.807) is 43.9 Å². The number of hydrogen-bond acceptors (Lipinski definition) is 8. The smallest absolute Gasteiger partial charge is 0.304 e. The van der Waals surface area contributed by atoms with Gasteiger partial charge >= 0.3 is 5.97 Å². The lowest BCUT2D eigenvalue weighted by Gasteiger charge is -2.27. The highest BCUT2D eigenvalue weighted by molar-refractivity contribution is 7.14. The third kappa shape index (κ3) is 6.23. The summed E-state index contributed by atoms with van der Waals surface area (Å²) >= 11 is 1.25. The van der Waals surface area contributed by atoms with E-state index < -0.39 is 18.7 Å². The fourth-order valence-electron chi connectivity index (χ4n) is 5.40. The van der Waals surface area contributed by atoms with E-state index in [1.807, 2.05) is 6.07 Å². The summed E-state index contributed by atoms with van der Waals surface area (Å²) in [6.45, 7) is 0.237. The molecule has 1 saturated heterocycles. The van der Waals surface area contributed by atoms with E-state index in [0.717, 1.165) is 29.5 Å². The summed E-state index contributed by atoms with van der Waals surface area (Å²) in [6.07, 6.45) is 3.76. The van der Waals surface area contributed by atoms with Crippen LogP contribution in [-0.2, 0) is 25.5 Å². The van der Waals surface area contributed by atoms with Crippen LogP contribution < -0.4 is 14.5 Å². The summed E-state index contributed by atoms with van der Waals surface area (Å²) in [5.74, 6) is -0.874. The van der Waals surface area contributed by atoms with Crippen molar-refractivity contribution < 1.29 is 33.4 Å². The number of rotatable bonds is 10. The van der Waals surface area contributed by atoms with Gasteiger partial charge in [-0.3, -0.25) is 24.2 Å². The van der Waals surface area contributed by atoms with Crippen LogP contribution in [0, 0.1) is 11.8 Å². The van der Waals surface area contributed by atoms with Gasteiger partial charge in [0.05, 0.1) is 18.5 Å². The number of benzene rings is 1. The Morgan fingerprint density at radius 3 is 2.78 bits per heavy atom. The number of carboxylic acids is 1. The summed E-state index contributed by atoms with van der Waals surface area (Å²) in [5.41, 5.74) is 3.50. The molecule has 216 valence electrons. The summed E-state index contributed by atoms with van der Waals surface area (Å²) in [7, 11) is 3.29. The first-order valence-electron chi connectivity index (χ1n) is 13.4. The van der Waals surface area contributed by atoms with Crippen LogP contribution in [-0.4, -0.2) is 67.0 Å². The van der Waals surface area contributed by atoms with Crippen LogP contribution in [0.4, 0.5) is 15.3 Å². The highest BCUT2D eigenvalue weighted by atomic mass is 32.1. The number of ether oxygens (including phenoxy) is 2. The van der Waals surface area contributed by atoms with Crippen LogP contribution >= 0.6 is 11.3 Å². The molecule has 2 aliphatic rings. The topological polar surface area (TPSA) is 122 Å². The molecule has 1 atom stereocenters. The van der Waals surface area contributed by atoms with E-state index in [0.29, 0.717) is 47.6 Å². The summed E-state index contributed by atoms with van der Waals surface area (Å²) in [5, 5.41) is 11.7. The number of amides is 2. The molecule has 0 saturated carbocycles. The first-order chi connectivity index (χ1) is 19.7. The lowest BCUT2D eigenvalue weighted by atomic mass is 9.86. The minimum atomic E-state index is -1.02. The standard InChI is InChI=1S/C29H31FN4O6S/c1-33-25(35)11-18-10-20(14-31-27(18)33)22-4-3-21(40-16-30)13-23(22)24-15-41-29(32-24)34(2)28(38)19(12-26(36)37)9-17-5-7-39-8-6-17/h3-4,10,13-15,17,19H,5-9,11-12,16H2,1-2H3,(H,36,37). The number of aromatic nitrogens is 2. The van der Waals surface area contributed by atoms with E-state index >= 15 is 0 Å². The quantitative estimate of drug-likeness (QED) is 0.369. The molecule has 0 radical (unpaired) electrons.